The van der Waals surface area contributed by atoms with Crippen LogP contribution in [0, 0.1) is 0 Å². The molecule has 1 aromatic carbocycles. The van der Waals surface area contributed by atoms with Crippen molar-refractivity contribution >= 4 is 0 Å². The summed E-state index contributed by atoms with van der Waals surface area (Å²) in [5.41, 5.74) is 2.82. The van der Waals surface area contributed by atoms with Crippen LogP contribution in [0.1, 0.15) is 51.3 Å². The van der Waals surface area contributed by atoms with Crippen LogP contribution in [0.5, 0.6) is 0 Å². The Bertz CT molecular complexity index is 274. The van der Waals surface area contributed by atoms with E-state index in [0.29, 0.717) is 12.1 Å². The second-order valence-corrected chi connectivity index (χ2v) is 4.38. The quantitative estimate of drug-likeness (QED) is 0.773. The standard InChI is InChI=1S/C14H23N/c1-5-12-7-9-13(10-8-12)14(6-2)15-11(3)4/h7-11,14-15H,5-6H2,1-4H3. The molecule has 1 aromatic rings. The van der Waals surface area contributed by atoms with Gasteiger partial charge in [0.15, 0.2) is 0 Å². The van der Waals surface area contributed by atoms with Gasteiger partial charge < -0.3 is 5.32 Å². The predicted octanol–water partition coefficient (Wildman–Crippen LogP) is 3.70. The summed E-state index contributed by atoms with van der Waals surface area (Å²) < 4.78 is 0. The summed E-state index contributed by atoms with van der Waals surface area (Å²) >= 11 is 0. The number of benzene rings is 1. The van der Waals surface area contributed by atoms with Crippen LogP contribution in [0.25, 0.3) is 0 Å². The number of aryl methyl sites for hydroxylation is 1. The molecule has 1 rings (SSSR count). The molecule has 0 aliphatic heterocycles. The summed E-state index contributed by atoms with van der Waals surface area (Å²) in [5.74, 6) is 0. The highest BCUT2D eigenvalue weighted by molar-refractivity contribution is 5.25. The summed E-state index contributed by atoms with van der Waals surface area (Å²) in [5, 5.41) is 3.58. The van der Waals surface area contributed by atoms with E-state index >= 15 is 0 Å². The van der Waals surface area contributed by atoms with Crippen LogP contribution in [-0.2, 0) is 6.42 Å². The van der Waals surface area contributed by atoms with Crippen molar-refractivity contribution in [3.05, 3.63) is 35.4 Å². The van der Waals surface area contributed by atoms with E-state index in [1.54, 1.807) is 0 Å². The van der Waals surface area contributed by atoms with E-state index in [2.05, 4.69) is 57.3 Å². The fraction of sp³-hybridized carbons (Fsp3) is 0.571. The van der Waals surface area contributed by atoms with Gasteiger partial charge in [0.2, 0.25) is 0 Å². The molecule has 0 bridgehead atoms. The lowest BCUT2D eigenvalue weighted by Gasteiger charge is -2.20. The maximum absolute atomic E-state index is 3.58. The van der Waals surface area contributed by atoms with Gasteiger partial charge in [0, 0.05) is 12.1 Å². The van der Waals surface area contributed by atoms with Gasteiger partial charge in [-0.05, 0) is 24.0 Å². The van der Waals surface area contributed by atoms with Crippen LogP contribution >= 0.6 is 0 Å². The van der Waals surface area contributed by atoms with E-state index in [0.717, 1.165) is 12.8 Å². The Morgan fingerprint density at radius 1 is 1.07 bits per heavy atom. The zero-order valence-corrected chi connectivity index (χ0v) is 10.4. The molecular formula is C14H23N. The van der Waals surface area contributed by atoms with Gasteiger partial charge in [-0.3, -0.25) is 0 Å². The molecule has 0 radical (unpaired) electrons. The van der Waals surface area contributed by atoms with E-state index in [1.807, 2.05) is 0 Å². The molecular weight excluding hydrogens is 182 g/mol. The molecule has 0 spiro atoms. The summed E-state index contributed by atoms with van der Waals surface area (Å²) in [6.07, 6.45) is 2.26. The van der Waals surface area contributed by atoms with E-state index < -0.39 is 0 Å². The van der Waals surface area contributed by atoms with Crippen molar-refractivity contribution in [1.29, 1.82) is 0 Å². The molecule has 0 aliphatic carbocycles. The molecule has 1 nitrogen and oxygen atoms in total. The van der Waals surface area contributed by atoms with Crippen LogP contribution < -0.4 is 5.32 Å². The third kappa shape index (κ3) is 3.67. The van der Waals surface area contributed by atoms with E-state index in [1.165, 1.54) is 11.1 Å². The summed E-state index contributed by atoms with van der Waals surface area (Å²) in [7, 11) is 0. The average molecular weight is 205 g/mol. The Morgan fingerprint density at radius 3 is 2.07 bits per heavy atom. The van der Waals surface area contributed by atoms with Gasteiger partial charge in [-0.1, -0.05) is 52.0 Å². The molecule has 15 heavy (non-hydrogen) atoms. The lowest BCUT2D eigenvalue weighted by Crippen LogP contribution is -2.27. The van der Waals surface area contributed by atoms with Crippen molar-refractivity contribution in [2.24, 2.45) is 0 Å². The Morgan fingerprint density at radius 2 is 1.67 bits per heavy atom. The molecule has 0 saturated carbocycles. The fourth-order valence-electron chi connectivity index (χ4n) is 1.84. The SMILES string of the molecule is CCc1ccc(C(CC)NC(C)C)cc1. The highest BCUT2D eigenvalue weighted by Gasteiger charge is 2.09. The molecule has 1 heteroatoms. The van der Waals surface area contributed by atoms with Crippen molar-refractivity contribution in [3.8, 4) is 0 Å². The molecule has 84 valence electrons. The molecule has 1 unspecified atom stereocenters. The molecule has 0 amide bonds. The Kier molecular flexibility index (Phi) is 4.83. The van der Waals surface area contributed by atoms with Crippen molar-refractivity contribution in [2.75, 3.05) is 0 Å². The first-order valence-corrected chi connectivity index (χ1v) is 6.02. The molecule has 0 saturated heterocycles. The third-order valence-corrected chi connectivity index (χ3v) is 2.73. The summed E-state index contributed by atoms with van der Waals surface area (Å²) in [4.78, 5) is 0. The Balaban J connectivity index is 2.74. The zero-order chi connectivity index (χ0) is 11.3. The lowest BCUT2D eigenvalue weighted by molar-refractivity contribution is 0.466. The van der Waals surface area contributed by atoms with Crippen molar-refractivity contribution in [1.82, 2.24) is 5.32 Å². The normalized spacial score (nSPS) is 13.1. The minimum atomic E-state index is 0.496. The second-order valence-electron chi connectivity index (χ2n) is 4.38. The number of nitrogens with one attached hydrogen (secondary N) is 1. The van der Waals surface area contributed by atoms with E-state index in [-0.39, 0.29) is 0 Å². The van der Waals surface area contributed by atoms with Gasteiger partial charge in [-0.15, -0.1) is 0 Å². The smallest absolute Gasteiger partial charge is 0.0319 e. The van der Waals surface area contributed by atoms with Gasteiger partial charge in [0.25, 0.3) is 0 Å². The molecule has 0 aliphatic rings. The summed E-state index contributed by atoms with van der Waals surface area (Å²) in [6.45, 7) is 8.82. The number of rotatable bonds is 5. The molecule has 0 heterocycles. The number of hydrogen-bond donors (Lipinski definition) is 1. The van der Waals surface area contributed by atoms with E-state index in [4.69, 9.17) is 0 Å². The average Bonchev–Trinajstić information content (AvgIpc) is 2.26. The first-order valence-electron chi connectivity index (χ1n) is 6.02. The van der Waals surface area contributed by atoms with Gasteiger partial charge in [-0.2, -0.15) is 0 Å². The highest BCUT2D eigenvalue weighted by Crippen LogP contribution is 2.18. The maximum atomic E-state index is 3.58. The number of hydrogen-bond acceptors (Lipinski definition) is 1. The maximum Gasteiger partial charge on any atom is 0.0319 e. The Hall–Kier alpha value is -0.820. The van der Waals surface area contributed by atoms with Gasteiger partial charge in [0.05, 0.1) is 0 Å². The first kappa shape index (κ1) is 12.3. The topological polar surface area (TPSA) is 12.0 Å². The lowest BCUT2D eigenvalue weighted by atomic mass is 10.0. The van der Waals surface area contributed by atoms with Gasteiger partial charge in [-0.25, -0.2) is 0 Å². The van der Waals surface area contributed by atoms with Crippen LogP contribution in [-0.4, -0.2) is 6.04 Å². The van der Waals surface area contributed by atoms with Crippen LogP contribution in [0.2, 0.25) is 0 Å². The fourth-order valence-corrected chi connectivity index (χ4v) is 1.84. The monoisotopic (exact) mass is 205 g/mol. The second kappa shape index (κ2) is 5.92. The van der Waals surface area contributed by atoms with Crippen LogP contribution in [0.4, 0.5) is 0 Å². The van der Waals surface area contributed by atoms with Gasteiger partial charge in [0.1, 0.15) is 0 Å². The van der Waals surface area contributed by atoms with Gasteiger partial charge >= 0.3 is 0 Å². The molecule has 1 N–H and O–H groups in total. The van der Waals surface area contributed by atoms with Crippen LogP contribution in [0.3, 0.4) is 0 Å². The minimum Gasteiger partial charge on any atom is -0.308 e. The molecule has 0 aromatic heterocycles. The zero-order valence-electron chi connectivity index (χ0n) is 10.4. The van der Waals surface area contributed by atoms with E-state index in [9.17, 15) is 0 Å². The largest absolute Gasteiger partial charge is 0.308 e. The van der Waals surface area contributed by atoms with Crippen molar-refractivity contribution in [2.45, 2.75) is 52.6 Å². The predicted molar refractivity (Wildman–Crippen MR) is 67.1 cm³/mol. The molecule has 1 atom stereocenters. The Labute approximate surface area is 93.9 Å². The van der Waals surface area contributed by atoms with Crippen LogP contribution in [0.15, 0.2) is 24.3 Å². The minimum absolute atomic E-state index is 0.496. The first-order chi connectivity index (χ1) is 7.17. The van der Waals surface area contributed by atoms with Crippen molar-refractivity contribution < 1.29 is 0 Å². The molecule has 0 fully saturated rings. The third-order valence-electron chi connectivity index (χ3n) is 2.73. The highest BCUT2D eigenvalue weighted by atomic mass is 14.9. The summed E-state index contributed by atoms with van der Waals surface area (Å²) in [6, 6.07) is 10.0. The van der Waals surface area contributed by atoms with Crippen molar-refractivity contribution in [3.63, 3.8) is 0 Å².